The van der Waals surface area contributed by atoms with Crippen molar-refractivity contribution in [2.45, 2.75) is 25.2 Å². The first-order valence-corrected chi connectivity index (χ1v) is 10.3. The number of benzene rings is 2. The molecule has 174 valence electrons. The molecule has 1 aliphatic heterocycles. The van der Waals surface area contributed by atoms with Gasteiger partial charge in [0.1, 0.15) is 35.8 Å². The molecule has 3 heterocycles. The van der Waals surface area contributed by atoms with Crippen molar-refractivity contribution >= 4 is 10.9 Å². The van der Waals surface area contributed by atoms with E-state index in [1.54, 1.807) is 35.9 Å². The largest absolute Gasteiger partial charge is 0.495 e. The van der Waals surface area contributed by atoms with Gasteiger partial charge in [-0.15, -0.1) is 0 Å². The summed E-state index contributed by atoms with van der Waals surface area (Å²) < 4.78 is 67.5. The predicted octanol–water partition coefficient (Wildman–Crippen LogP) is 5.36. The standard InChI is InChI=1S/C24H18F4N4O2/c1-23(16-7-14(24(26,27)28)4-5-17(16)25)12-34-11-21-31-20(10-32(21)23)19-8-15-18(30-19)6-3-13(9-29)22(15)33-2/h3-8,10,30H,11-12H2,1-2H3. The van der Waals surface area contributed by atoms with Crippen LogP contribution in [0.3, 0.4) is 0 Å². The van der Waals surface area contributed by atoms with Gasteiger partial charge >= 0.3 is 6.18 Å². The van der Waals surface area contributed by atoms with Crippen LogP contribution in [0.4, 0.5) is 17.6 Å². The number of nitriles is 1. The fraction of sp³-hybridized carbons (Fsp3) is 0.250. The number of nitrogens with zero attached hydrogens (tertiary/aromatic N) is 3. The van der Waals surface area contributed by atoms with E-state index in [1.165, 1.54) is 7.11 Å². The maximum Gasteiger partial charge on any atom is 0.416 e. The van der Waals surface area contributed by atoms with Gasteiger partial charge in [-0.3, -0.25) is 0 Å². The Morgan fingerprint density at radius 1 is 1.24 bits per heavy atom. The summed E-state index contributed by atoms with van der Waals surface area (Å²) >= 11 is 0. The molecule has 0 radical (unpaired) electrons. The van der Waals surface area contributed by atoms with E-state index in [2.05, 4.69) is 16.0 Å². The van der Waals surface area contributed by atoms with E-state index in [4.69, 9.17) is 9.47 Å². The van der Waals surface area contributed by atoms with Gasteiger partial charge < -0.3 is 19.0 Å². The minimum absolute atomic E-state index is 0.0277. The molecule has 0 bridgehead atoms. The second-order valence-electron chi connectivity index (χ2n) is 8.27. The van der Waals surface area contributed by atoms with Crippen LogP contribution in [0.2, 0.25) is 0 Å². The van der Waals surface area contributed by atoms with Gasteiger partial charge in [-0.1, -0.05) is 0 Å². The molecule has 0 amide bonds. The number of methoxy groups -OCH3 is 1. The number of H-pyrrole nitrogens is 1. The highest BCUT2D eigenvalue weighted by atomic mass is 19.4. The zero-order chi connectivity index (χ0) is 24.3. The lowest BCUT2D eigenvalue weighted by Gasteiger charge is -2.36. The molecule has 1 unspecified atom stereocenters. The van der Waals surface area contributed by atoms with Crippen molar-refractivity contribution in [1.82, 2.24) is 14.5 Å². The highest BCUT2D eigenvalue weighted by Crippen LogP contribution is 2.39. The Morgan fingerprint density at radius 2 is 2.03 bits per heavy atom. The van der Waals surface area contributed by atoms with E-state index in [1.807, 2.05) is 0 Å². The molecule has 34 heavy (non-hydrogen) atoms. The molecule has 10 heteroatoms. The highest BCUT2D eigenvalue weighted by molar-refractivity contribution is 5.92. The average Bonchev–Trinajstić information content (AvgIpc) is 3.43. The van der Waals surface area contributed by atoms with Gasteiger partial charge in [0.15, 0.2) is 0 Å². The summed E-state index contributed by atoms with van der Waals surface area (Å²) in [5, 5.41) is 10.0. The van der Waals surface area contributed by atoms with Crippen molar-refractivity contribution < 1.29 is 27.0 Å². The molecule has 1 N–H and O–H groups in total. The number of imidazole rings is 1. The lowest BCUT2D eigenvalue weighted by atomic mass is 9.89. The quantitative estimate of drug-likeness (QED) is 0.409. The summed E-state index contributed by atoms with van der Waals surface area (Å²) in [7, 11) is 1.48. The van der Waals surface area contributed by atoms with Crippen molar-refractivity contribution in [1.29, 1.82) is 5.26 Å². The molecule has 1 aliphatic rings. The summed E-state index contributed by atoms with van der Waals surface area (Å²) in [5.41, 5.74) is -0.113. The number of nitrogens with one attached hydrogen (secondary N) is 1. The van der Waals surface area contributed by atoms with Gasteiger partial charge in [0.2, 0.25) is 0 Å². The number of alkyl halides is 3. The summed E-state index contributed by atoms with van der Waals surface area (Å²) in [4.78, 5) is 7.82. The molecule has 2 aromatic heterocycles. The number of ether oxygens (including phenoxy) is 2. The summed E-state index contributed by atoms with van der Waals surface area (Å²) in [6.07, 6.45) is -2.94. The average molecular weight is 470 g/mol. The molecular formula is C24H18F4N4O2. The summed E-state index contributed by atoms with van der Waals surface area (Å²) in [6, 6.07) is 9.63. The van der Waals surface area contributed by atoms with Gasteiger partial charge in [0, 0.05) is 22.7 Å². The van der Waals surface area contributed by atoms with Crippen molar-refractivity contribution in [2.24, 2.45) is 0 Å². The summed E-state index contributed by atoms with van der Waals surface area (Å²) in [5.74, 6) is 0.108. The van der Waals surface area contributed by atoms with Crippen LogP contribution < -0.4 is 4.74 Å². The van der Waals surface area contributed by atoms with E-state index in [0.29, 0.717) is 33.9 Å². The number of rotatable bonds is 3. The fourth-order valence-corrected chi connectivity index (χ4v) is 4.43. The van der Waals surface area contributed by atoms with Crippen molar-refractivity contribution in [3.8, 4) is 23.2 Å². The molecule has 0 spiro atoms. The molecule has 6 nitrogen and oxygen atoms in total. The van der Waals surface area contributed by atoms with Crippen LogP contribution in [0.25, 0.3) is 22.3 Å². The van der Waals surface area contributed by atoms with E-state index >= 15 is 0 Å². The summed E-state index contributed by atoms with van der Waals surface area (Å²) in [6.45, 7) is 1.71. The number of hydrogen-bond donors (Lipinski definition) is 1. The van der Waals surface area contributed by atoms with E-state index in [-0.39, 0.29) is 18.8 Å². The van der Waals surface area contributed by atoms with Crippen LogP contribution in [0, 0.1) is 17.1 Å². The monoisotopic (exact) mass is 470 g/mol. The van der Waals surface area contributed by atoms with Crippen molar-refractivity contribution in [3.05, 3.63) is 70.9 Å². The van der Waals surface area contributed by atoms with Crippen molar-refractivity contribution in [2.75, 3.05) is 13.7 Å². The second-order valence-corrected chi connectivity index (χ2v) is 8.27. The molecule has 0 saturated heterocycles. The van der Waals surface area contributed by atoms with Crippen LogP contribution in [-0.4, -0.2) is 28.3 Å². The number of halogens is 4. The first-order valence-electron chi connectivity index (χ1n) is 10.3. The van der Waals surface area contributed by atoms with Gasteiger partial charge in [-0.25, -0.2) is 9.37 Å². The zero-order valence-electron chi connectivity index (χ0n) is 18.1. The molecule has 2 aromatic carbocycles. The minimum atomic E-state index is -4.61. The second kappa shape index (κ2) is 7.60. The van der Waals surface area contributed by atoms with Crippen molar-refractivity contribution in [3.63, 3.8) is 0 Å². The maximum atomic E-state index is 14.8. The first-order chi connectivity index (χ1) is 16.2. The Hall–Kier alpha value is -3.84. The minimum Gasteiger partial charge on any atom is -0.495 e. The smallest absolute Gasteiger partial charge is 0.416 e. The Labute approximate surface area is 191 Å². The molecule has 0 aliphatic carbocycles. The third-order valence-corrected chi connectivity index (χ3v) is 6.15. The van der Waals surface area contributed by atoms with Crippen LogP contribution in [0.5, 0.6) is 5.75 Å². The van der Waals surface area contributed by atoms with Gasteiger partial charge in [0.05, 0.1) is 36.1 Å². The van der Waals surface area contributed by atoms with Crippen LogP contribution >= 0.6 is 0 Å². The topological polar surface area (TPSA) is 75.9 Å². The van der Waals surface area contributed by atoms with Crippen LogP contribution in [0.15, 0.2) is 42.6 Å². The van der Waals surface area contributed by atoms with Crippen LogP contribution in [-0.2, 0) is 23.1 Å². The molecule has 0 fully saturated rings. The Balaban J connectivity index is 1.64. The van der Waals surface area contributed by atoms with E-state index in [9.17, 15) is 22.8 Å². The highest BCUT2D eigenvalue weighted by Gasteiger charge is 2.40. The lowest BCUT2D eigenvalue weighted by molar-refractivity contribution is -0.137. The molecule has 0 saturated carbocycles. The lowest BCUT2D eigenvalue weighted by Crippen LogP contribution is -2.42. The van der Waals surface area contributed by atoms with Crippen LogP contribution in [0.1, 0.15) is 29.4 Å². The fourth-order valence-electron chi connectivity index (χ4n) is 4.43. The van der Waals surface area contributed by atoms with Gasteiger partial charge in [0.25, 0.3) is 0 Å². The Bertz CT molecular complexity index is 1460. The maximum absolute atomic E-state index is 14.8. The third-order valence-electron chi connectivity index (χ3n) is 6.15. The zero-order valence-corrected chi connectivity index (χ0v) is 18.1. The number of aromatic amines is 1. The molecule has 5 rings (SSSR count). The molecule has 4 aromatic rings. The third kappa shape index (κ3) is 3.31. The van der Waals surface area contributed by atoms with E-state index < -0.39 is 23.1 Å². The number of aromatic nitrogens is 3. The Morgan fingerprint density at radius 3 is 2.74 bits per heavy atom. The SMILES string of the molecule is COc1c(C#N)ccc2[nH]c(-c3cn4c(n3)COCC4(C)c3cc(C(F)(F)F)ccc3F)cc12. The number of fused-ring (bicyclic) bond motifs is 2. The Kier molecular flexibility index (Phi) is 4.91. The number of hydrogen-bond acceptors (Lipinski definition) is 4. The predicted molar refractivity (Wildman–Crippen MR) is 115 cm³/mol. The normalized spacial score (nSPS) is 18.0. The van der Waals surface area contributed by atoms with Gasteiger partial charge in [-0.05, 0) is 43.3 Å². The van der Waals surface area contributed by atoms with Gasteiger partial charge in [-0.2, -0.15) is 18.4 Å². The first kappa shape index (κ1) is 22.0. The molecule has 1 atom stereocenters. The molecular weight excluding hydrogens is 452 g/mol. The van der Waals surface area contributed by atoms with E-state index in [0.717, 1.165) is 23.7 Å².